The van der Waals surface area contributed by atoms with Crippen molar-refractivity contribution in [2.75, 3.05) is 11.1 Å². The minimum atomic E-state index is -0.0932. The van der Waals surface area contributed by atoms with E-state index in [9.17, 15) is 4.79 Å². The third kappa shape index (κ3) is 4.61. The van der Waals surface area contributed by atoms with Crippen LogP contribution in [0.1, 0.15) is 11.1 Å². The lowest BCUT2D eigenvalue weighted by Crippen LogP contribution is -2.48. The highest BCUT2D eigenvalue weighted by Gasteiger charge is 2.30. The highest BCUT2D eigenvalue weighted by molar-refractivity contribution is 8.01. The molecule has 0 aliphatic carbocycles. The lowest BCUT2D eigenvalue weighted by molar-refractivity contribution is -0.129. The van der Waals surface area contributed by atoms with E-state index in [4.69, 9.17) is 12.2 Å². The van der Waals surface area contributed by atoms with Crippen molar-refractivity contribution in [2.24, 2.45) is 0 Å². The molecule has 0 spiro atoms. The summed E-state index contributed by atoms with van der Waals surface area (Å²) in [4.78, 5) is 12.2. The van der Waals surface area contributed by atoms with Gasteiger partial charge in [-0.05, 0) is 42.4 Å². The number of nitrogens with zero attached hydrogens (tertiary/aromatic N) is 1. The number of rotatable bonds is 4. The van der Waals surface area contributed by atoms with Crippen LogP contribution in [-0.2, 0) is 4.79 Å². The number of thioether (sulfide) groups is 1. The number of anilines is 1. The first-order valence-corrected chi connectivity index (χ1v) is 9.39. The molecule has 0 aromatic heterocycles. The summed E-state index contributed by atoms with van der Waals surface area (Å²) in [6.45, 7) is 2.01. The van der Waals surface area contributed by atoms with Gasteiger partial charge in [0.15, 0.2) is 5.11 Å². The number of hydrogen-bond donors (Lipinski definition) is 2. The summed E-state index contributed by atoms with van der Waals surface area (Å²) in [5, 5.41) is 5.04. The summed E-state index contributed by atoms with van der Waals surface area (Å²) in [5.74, 6) is 0.450. The zero-order chi connectivity index (χ0) is 17.6. The van der Waals surface area contributed by atoms with Crippen LogP contribution >= 0.6 is 24.0 Å². The highest BCUT2D eigenvalue weighted by atomic mass is 32.2. The van der Waals surface area contributed by atoms with Gasteiger partial charge in [0.2, 0.25) is 0 Å². The van der Waals surface area contributed by atoms with Crippen LogP contribution < -0.4 is 10.7 Å². The van der Waals surface area contributed by atoms with E-state index >= 15 is 0 Å². The van der Waals surface area contributed by atoms with Crippen molar-refractivity contribution in [1.29, 1.82) is 0 Å². The smallest absolute Gasteiger partial charge is 0.252 e. The molecule has 1 heterocycles. The van der Waals surface area contributed by atoms with E-state index < -0.39 is 0 Å². The molecule has 25 heavy (non-hydrogen) atoms. The first kappa shape index (κ1) is 17.5. The van der Waals surface area contributed by atoms with Crippen molar-refractivity contribution in [1.82, 2.24) is 10.4 Å². The number of amides is 1. The molecule has 0 unspecified atom stereocenters. The molecule has 2 N–H and O–H groups in total. The Morgan fingerprint density at radius 1 is 1.20 bits per heavy atom. The molecule has 3 rings (SSSR count). The van der Waals surface area contributed by atoms with Crippen LogP contribution in [0.2, 0.25) is 0 Å². The summed E-state index contributed by atoms with van der Waals surface area (Å²) in [6.07, 6.45) is 4.02. The van der Waals surface area contributed by atoms with E-state index in [1.54, 1.807) is 16.8 Å². The summed E-state index contributed by atoms with van der Waals surface area (Å²) in [6, 6.07) is 17.9. The maximum absolute atomic E-state index is 12.2. The van der Waals surface area contributed by atoms with Gasteiger partial charge in [-0.1, -0.05) is 54.6 Å². The number of thiocarbonyl (C=S) groups is 1. The molecule has 2 aromatic carbocycles. The van der Waals surface area contributed by atoms with Gasteiger partial charge in [-0.2, -0.15) is 0 Å². The SMILES string of the molecule is Cc1ccccc1NC(=S)NN1C(=O)CS[C@H]1/C=C/c1ccccc1. The summed E-state index contributed by atoms with van der Waals surface area (Å²) in [5.41, 5.74) is 6.14. The maximum atomic E-state index is 12.2. The van der Waals surface area contributed by atoms with Crippen LogP contribution in [-0.4, -0.2) is 27.2 Å². The zero-order valence-corrected chi connectivity index (χ0v) is 15.4. The molecule has 0 bridgehead atoms. The number of hydrazine groups is 1. The molecule has 4 nitrogen and oxygen atoms in total. The van der Waals surface area contributed by atoms with Crippen LogP contribution in [0.4, 0.5) is 5.69 Å². The fourth-order valence-electron chi connectivity index (χ4n) is 2.44. The monoisotopic (exact) mass is 369 g/mol. The van der Waals surface area contributed by atoms with Gasteiger partial charge < -0.3 is 5.32 Å². The van der Waals surface area contributed by atoms with Gasteiger partial charge in [-0.25, -0.2) is 5.01 Å². The topological polar surface area (TPSA) is 44.4 Å². The van der Waals surface area contributed by atoms with Gasteiger partial charge >= 0.3 is 0 Å². The van der Waals surface area contributed by atoms with E-state index in [-0.39, 0.29) is 11.3 Å². The Balaban J connectivity index is 1.65. The van der Waals surface area contributed by atoms with Gasteiger partial charge in [-0.15, -0.1) is 11.8 Å². The van der Waals surface area contributed by atoms with Crippen molar-refractivity contribution in [3.05, 3.63) is 71.8 Å². The lowest BCUT2D eigenvalue weighted by Gasteiger charge is -2.24. The van der Waals surface area contributed by atoms with Gasteiger partial charge in [0.1, 0.15) is 5.37 Å². The summed E-state index contributed by atoms with van der Waals surface area (Å²) >= 11 is 6.94. The highest BCUT2D eigenvalue weighted by Crippen LogP contribution is 2.25. The number of benzene rings is 2. The Kier molecular flexibility index (Phi) is 5.73. The van der Waals surface area contributed by atoms with Crippen LogP contribution in [0.5, 0.6) is 0 Å². The minimum Gasteiger partial charge on any atom is -0.331 e. The van der Waals surface area contributed by atoms with Gasteiger partial charge in [0, 0.05) is 5.69 Å². The second-order valence-electron chi connectivity index (χ2n) is 5.62. The van der Waals surface area contributed by atoms with Crippen LogP contribution in [0, 0.1) is 6.92 Å². The standard InChI is InChI=1S/C19H19N3OS2/c1-14-7-5-6-10-16(14)20-19(24)21-22-17(23)13-25-18(22)12-11-15-8-3-2-4-9-15/h2-12,18H,13H2,1H3,(H2,20,21,24)/b12-11+/t18-/m0/s1. The van der Waals surface area contributed by atoms with E-state index in [0.717, 1.165) is 16.8 Å². The fourth-order valence-corrected chi connectivity index (χ4v) is 3.61. The molecule has 2 aromatic rings. The normalized spacial score (nSPS) is 17.1. The van der Waals surface area contributed by atoms with E-state index in [1.807, 2.05) is 73.7 Å². The van der Waals surface area contributed by atoms with Gasteiger partial charge in [0.25, 0.3) is 5.91 Å². The number of aryl methyl sites for hydroxylation is 1. The lowest BCUT2D eigenvalue weighted by atomic mass is 10.2. The predicted molar refractivity (Wildman–Crippen MR) is 109 cm³/mol. The second kappa shape index (κ2) is 8.18. The average molecular weight is 370 g/mol. The number of carbonyl (C=O) groups excluding carboxylic acids is 1. The predicted octanol–water partition coefficient (Wildman–Crippen LogP) is 3.81. The molecule has 1 atom stereocenters. The number of hydrogen-bond acceptors (Lipinski definition) is 3. The Morgan fingerprint density at radius 2 is 1.92 bits per heavy atom. The third-order valence-electron chi connectivity index (χ3n) is 3.77. The van der Waals surface area contributed by atoms with Crippen LogP contribution in [0.15, 0.2) is 60.7 Å². The first-order valence-electron chi connectivity index (χ1n) is 7.93. The molecule has 1 fully saturated rings. The third-order valence-corrected chi connectivity index (χ3v) is 5.09. The average Bonchev–Trinajstić information content (AvgIpc) is 2.96. The summed E-state index contributed by atoms with van der Waals surface area (Å²) in [7, 11) is 0. The number of para-hydroxylation sites is 1. The largest absolute Gasteiger partial charge is 0.331 e. The Labute approximate surface area is 157 Å². The fraction of sp³-hybridized carbons (Fsp3) is 0.158. The van der Waals surface area contributed by atoms with Crippen LogP contribution in [0.25, 0.3) is 6.08 Å². The minimum absolute atomic E-state index is 0.0154. The van der Waals surface area contributed by atoms with Gasteiger partial charge in [0.05, 0.1) is 5.75 Å². The number of nitrogens with one attached hydrogen (secondary N) is 2. The Bertz CT molecular complexity index is 792. The zero-order valence-electron chi connectivity index (χ0n) is 13.8. The van der Waals surface area contributed by atoms with Crippen molar-refractivity contribution >= 4 is 46.8 Å². The molecule has 1 aliphatic heterocycles. The molecule has 128 valence electrons. The second-order valence-corrected chi connectivity index (χ2v) is 7.13. The van der Waals surface area contributed by atoms with E-state index in [0.29, 0.717) is 10.9 Å². The maximum Gasteiger partial charge on any atom is 0.252 e. The number of carbonyl (C=O) groups is 1. The molecular formula is C19H19N3OS2. The Hall–Kier alpha value is -2.31. The van der Waals surface area contributed by atoms with Crippen molar-refractivity contribution in [3.63, 3.8) is 0 Å². The molecule has 1 saturated heterocycles. The van der Waals surface area contributed by atoms with Crippen molar-refractivity contribution in [3.8, 4) is 0 Å². The molecule has 6 heteroatoms. The van der Waals surface area contributed by atoms with Crippen LogP contribution in [0.3, 0.4) is 0 Å². The van der Waals surface area contributed by atoms with Gasteiger partial charge in [-0.3, -0.25) is 10.2 Å². The Morgan fingerprint density at radius 3 is 2.68 bits per heavy atom. The molecule has 1 aliphatic rings. The molecular weight excluding hydrogens is 350 g/mol. The van der Waals surface area contributed by atoms with Crippen molar-refractivity contribution < 1.29 is 4.79 Å². The molecule has 1 amide bonds. The quantitative estimate of drug-likeness (QED) is 0.803. The van der Waals surface area contributed by atoms with E-state index in [2.05, 4.69) is 10.7 Å². The van der Waals surface area contributed by atoms with E-state index in [1.165, 1.54) is 0 Å². The summed E-state index contributed by atoms with van der Waals surface area (Å²) < 4.78 is 0. The molecule has 0 radical (unpaired) electrons. The molecule has 0 saturated carbocycles. The first-order chi connectivity index (χ1) is 12.1. The van der Waals surface area contributed by atoms with Crippen molar-refractivity contribution in [2.45, 2.75) is 12.3 Å².